The van der Waals surface area contributed by atoms with Gasteiger partial charge in [0, 0.05) is 28.3 Å². The number of hydrogen-bond acceptors (Lipinski definition) is 2. The largest absolute Gasteiger partial charge is 0.384 e. The summed E-state index contributed by atoms with van der Waals surface area (Å²) in [7, 11) is 0. The van der Waals surface area contributed by atoms with E-state index < -0.39 is 0 Å². The number of nitrogens with one attached hydrogen (secondary N) is 1. The van der Waals surface area contributed by atoms with E-state index in [-0.39, 0.29) is 0 Å². The second-order valence-electron chi connectivity index (χ2n) is 5.56. The molecule has 1 aliphatic carbocycles. The average Bonchev–Trinajstić information content (AvgIpc) is 2.47. The molecular formula is C17H21ClN2. The first-order valence-corrected chi connectivity index (χ1v) is 8.02. The molecule has 0 saturated carbocycles. The maximum atomic E-state index is 6.18. The maximum Gasteiger partial charge on any atom is 0.0727 e. The van der Waals surface area contributed by atoms with E-state index in [1.807, 2.05) is 18.2 Å². The number of anilines is 1. The fourth-order valence-electron chi connectivity index (χ4n) is 2.99. The second kappa shape index (κ2) is 6.01. The van der Waals surface area contributed by atoms with Gasteiger partial charge in [0.25, 0.3) is 0 Å². The fourth-order valence-corrected chi connectivity index (χ4v) is 3.16. The molecule has 0 saturated heterocycles. The van der Waals surface area contributed by atoms with Crippen LogP contribution >= 0.6 is 11.6 Å². The fraction of sp³-hybridized carbons (Fsp3) is 0.471. The van der Waals surface area contributed by atoms with Crippen molar-refractivity contribution in [1.82, 2.24) is 4.98 Å². The highest BCUT2D eigenvalue weighted by atomic mass is 35.5. The highest BCUT2D eigenvalue weighted by molar-refractivity contribution is 6.31. The third-order valence-electron chi connectivity index (χ3n) is 4.06. The molecule has 20 heavy (non-hydrogen) atoms. The van der Waals surface area contributed by atoms with Gasteiger partial charge in [-0.15, -0.1) is 0 Å². The summed E-state index contributed by atoms with van der Waals surface area (Å²) in [5.74, 6) is 0. The number of nitrogens with zero attached hydrogens (tertiary/aromatic N) is 1. The van der Waals surface area contributed by atoms with E-state index in [0.29, 0.717) is 0 Å². The lowest BCUT2D eigenvalue weighted by Crippen LogP contribution is -2.12. The number of fused-ring (bicyclic) bond motifs is 2. The van der Waals surface area contributed by atoms with Crippen molar-refractivity contribution in [3.8, 4) is 0 Å². The molecule has 0 aliphatic heterocycles. The lowest BCUT2D eigenvalue weighted by atomic mass is 9.92. The maximum absolute atomic E-state index is 6.18. The van der Waals surface area contributed by atoms with Crippen LogP contribution in [0.1, 0.15) is 43.9 Å². The third-order valence-corrected chi connectivity index (χ3v) is 4.29. The van der Waals surface area contributed by atoms with Crippen LogP contribution in [-0.4, -0.2) is 11.5 Å². The highest BCUT2D eigenvalue weighted by Gasteiger charge is 2.18. The summed E-state index contributed by atoms with van der Waals surface area (Å²) in [6, 6.07) is 6.02. The molecule has 106 valence electrons. The first kappa shape index (κ1) is 13.7. The standard InChI is InChI=1S/C17H21ClN2/c1-2-3-10-19-17-13-6-4-5-7-15(13)20-16-9-8-12(18)11-14(16)17/h8-9,11H,2-7,10H2,1H3,(H,19,20). The zero-order chi connectivity index (χ0) is 13.9. The summed E-state index contributed by atoms with van der Waals surface area (Å²) >= 11 is 6.18. The molecule has 3 heteroatoms. The Balaban J connectivity index is 2.12. The van der Waals surface area contributed by atoms with Crippen LogP contribution in [-0.2, 0) is 12.8 Å². The van der Waals surface area contributed by atoms with Crippen molar-refractivity contribution >= 4 is 28.2 Å². The van der Waals surface area contributed by atoms with Crippen LogP contribution < -0.4 is 5.32 Å². The van der Waals surface area contributed by atoms with Crippen LogP contribution in [0.4, 0.5) is 5.69 Å². The minimum absolute atomic E-state index is 0.786. The van der Waals surface area contributed by atoms with Crippen molar-refractivity contribution in [2.75, 3.05) is 11.9 Å². The van der Waals surface area contributed by atoms with Crippen molar-refractivity contribution in [2.45, 2.75) is 45.4 Å². The molecule has 2 nitrogen and oxygen atoms in total. The molecule has 0 atom stereocenters. The number of pyridine rings is 1. The lowest BCUT2D eigenvalue weighted by Gasteiger charge is -2.21. The summed E-state index contributed by atoms with van der Waals surface area (Å²) in [6.45, 7) is 3.24. The Hall–Kier alpha value is -1.28. The summed E-state index contributed by atoms with van der Waals surface area (Å²) in [5, 5.41) is 5.61. The van der Waals surface area contributed by atoms with E-state index in [1.165, 1.54) is 48.0 Å². The smallest absolute Gasteiger partial charge is 0.0727 e. The highest BCUT2D eigenvalue weighted by Crippen LogP contribution is 2.34. The first-order valence-electron chi connectivity index (χ1n) is 7.64. The quantitative estimate of drug-likeness (QED) is 0.803. The number of unbranched alkanes of at least 4 members (excludes halogenated alkanes) is 1. The molecule has 0 unspecified atom stereocenters. The second-order valence-corrected chi connectivity index (χ2v) is 6.00. The van der Waals surface area contributed by atoms with Crippen molar-refractivity contribution in [3.63, 3.8) is 0 Å². The summed E-state index contributed by atoms with van der Waals surface area (Å²) in [4.78, 5) is 4.85. The van der Waals surface area contributed by atoms with E-state index in [9.17, 15) is 0 Å². The van der Waals surface area contributed by atoms with Gasteiger partial charge in [0.15, 0.2) is 0 Å². The van der Waals surface area contributed by atoms with Crippen LogP contribution in [0.2, 0.25) is 5.02 Å². The van der Waals surface area contributed by atoms with Gasteiger partial charge in [-0.3, -0.25) is 4.98 Å². The van der Waals surface area contributed by atoms with E-state index in [4.69, 9.17) is 16.6 Å². The van der Waals surface area contributed by atoms with Gasteiger partial charge in [0.05, 0.1) is 5.52 Å². The van der Waals surface area contributed by atoms with Gasteiger partial charge in [0.2, 0.25) is 0 Å². The van der Waals surface area contributed by atoms with Crippen molar-refractivity contribution in [1.29, 1.82) is 0 Å². The third kappa shape index (κ3) is 2.62. The van der Waals surface area contributed by atoms with E-state index in [0.717, 1.165) is 29.9 Å². The van der Waals surface area contributed by atoms with Gasteiger partial charge in [-0.1, -0.05) is 24.9 Å². The Morgan fingerprint density at radius 1 is 1.25 bits per heavy atom. The Morgan fingerprint density at radius 2 is 2.10 bits per heavy atom. The number of hydrogen-bond donors (Lipinski definition) is 1. The first-order chi connectivity index (χ1) is 9.79. The van der Waals surface area contributed by atoms with Gasteiger partial charge in [0.1, 0.15) is 0 Å². The number of halogens is 1. The zero-order valence-electron chi connectivity index (χ0n) is 12.0. The van der Waals surface area contributed by atoms with Gasteiger partial charge in [-0.05, 0) is 55.9 Å². The molecule has 1 aromatic carbocycles. The average molecular weight is 289 g/mol. The SMILES string of the molecule is CCCCNc1c2c(nc3ccc(Cl)cc13)CCCC2. The Morgan fingerprint density at radius 3 is 2.95 bits per heavy atom. The predicted molar refractivity (Wildman–Crippen MR) is 86.8 cm³/mol. The summed E-state index contributed by atoms with van der Waals surface area (Å²) in [6.07, 6.45) is 7.17. The molecule has 0 bridgehead atoms. The normalized spacial score (nSPS) is 14.3. The molecule has 0 fully saturated rings. The number of benzene rings is 1. The molecule has 1 N–H and O–H groups in total. The molecule has 1 aromatic heterocycles. The predicted octanol–water partition coefficient (Wildman–Crippen LogP) is 4.98. The van der Waals surface area contributed by atoms with E-state index in [2.05, 4.69) is 12.2 Å². The van der Waals surface area contributed by atoms with Gasteiger partial charge < -0.3 is 5.32 Å². The molecule has 0 radical (unpaired) electrons. The minimum Gasteiger partial charge on any atom is -0.384 e. The number of aromatic nitrogens is 1. The molecule has 1 aliphatic rings. The zero-order valence-corrected chi connectivity index (χ0v) is 12.8. The number of rotatable bonds is 4. The van der Waals surface area contributed by atoms with Crippen LogP contribution in [0.25, 0.3) is 10.9 Å². The Labute approximate surface area is 125 Å². The molecular weight excluding hydrogens is 268 g/mol. The van der Waals surface area contributed by atoms with Crippen molar-refractivity contribution in [3.05, 3.63) is 34.5 Å². The van der Waals surface area contributed by atoms with E-state index >= 15 is 0 Å². The molecule has 3 rings (SSSR count). The molecule has 1 heterocycles. The van der Waals surface area contributed by atoms with Crippen molar-refractivity contribution < 1.29 is 0 Å². The van der Waals surface area contributed by atoms with Gasteiger partial charge in [-0.2, -0.15) is 0 Å². The minimum atomic E-state index is 0.786. The summed E-state index contributed by atoms with van der Waals surface area (Å²) in [5.41, 5.74) is 5.04. The molecule has 0 spiro atoms. The monoisotopic (exact) mass is 288 g/mol. The van der Waals surface area contributed by atoms with Crippen LogP contribution in [0.3, 0.4) is 0 Å². The molecule has 2 aromatic rings. The van der Waals surface area contributed by atoms with Crippen molar-refractivity contribution in [2.24, 2.45) is 0 Å². The van der Waals surface area contributed by atoms with Gasteiger partial charge >= 0.3 is 0 Å². The Bertz CT molecular complexity index is 622. The van der Waals surface area contributed by atoms with E-state index in [1.54, 1.807) is 0 Å². The topological polar surface area (TPSA) is 24.9 Å². The van der Waals surface area contributed by atoms with Crippen LogP contribution in [0, 0.1) is 0 Å². The number of aryl methyl sites for hydroxylation is 1. The van der Waals surface area contributed by atoms with Crippen LogP contribution in [0.15, 0.2) is 18.2 Å². The lowest BCUT2D eigenvalue weighted by molar-refractivity contribution is 0.671. The molecule has 0 amide bonds. The summed E-state index contributed by atoms with van der Waals surface area (Å²) < 4.78 is 0. The van der Waals surface area contributed by atoms with Crippen LogP contribution in [0.5, 0.6) is 0 Å². The Kier molecular flexibility index (Phi) is 4.11. The van der Waals surface area contributed by atoms with Gasteiger partial charge in [-0.25, -0.2) is 0 Å².